The third-order valence-corrected chi connectivity index (χ3v) is 3.49. The molecule has 1 heterocycles. The monoisotopic (exact) mass is 287 g/mol. The molecule has 0 amide bonds. The van der Waals surface area contributed by atoms with Gasteiger partial charge >= 0.3 is 5.69 Å². The number of nitro groups is 1. The molecule has 2 aromatic carbocycles. The number of halogens is 1. The van der Waals surface area contributed by atoms with Crippen LogP contribution in [0.1, 0.15) is 12.0 Å². The number of nitro benzene ring substituents is 1. The Balaban J connectivity index is 1.94. The molecule has 0 aromatic heterocycles. The van der Waals surface area contributed by atoms with E-state index in [1.165, 1.54) is 12.1 Å². The molecule has 3 rings (SSSR count). The minimum Gasteiger partial charge on any atom is -0.385 e. The summed E-state index contributed by atoms with van der Waals surface area (Å²) < 4.78 is 13.6. The van der Waals surface area contributed by atoms with Crippen LogP contribution in [-0.4, -0.2) is 11.5 Å². The first kappa shape index (κ1) is 13.4. The van der Waals surface area contributed by atoms with Crippen LogP contribution in [-0.2, 0) is 6.42 Å². The van der Waals surface area contributed by atoms with E-state index in [1.54, 1.807) is 0 Å². The molecule has 0 saturated carbocycles. The molecule has 21 heavy (non-hydrogen) atoms. The predicted molar refractivity (Wildman–Crippen MR) is 79.6 cm³/mol. The van der Waals surface area contributed by atoms with Crippen LogP contribution in [0.15, 0.2) is 36.4 Å². The molecule has 2 aromatic rings. The number of hydrogen-bond donors (Lipinski definition) is 2. The van der Waals surface area contributed by atoms with Gasteiger partial charge in [0.05, 0.1) is 4.92 Å². The quantitative estimate of drug-likeness (QED) is 0.665. The minimum atomic E-state index is -0.843. The molecule has 1 aliphatic heterocycles. The molecule has 2 N–H and O–H groups in total. The highest BCUT2D eigenvalue weighted by molar-refractivity contribution is 5.72. The molecule has 5 nitrogen and oxygen atoms in total. The second kappa shape index (κ2) is 5.40. The first-order valence-corrected chi connectivity index (χ1v) is 6.72. The van der Waals surface area contributed by atoms with E-state index in [0.29, 0.717) is 5.69 Å². The summed E-state index contributed by atoms with van der Waals surface area (Å²) >= 11 is 0. The van der Waals surface area contributed by atoms with Crippen molar-refractivity contribution in [1.29, 1.82) is 0 Å². The molecule has 0 unspecified atom stereocenters. The van der Waals surface area contributed by atoms with Crippen molar-refractivity contribution >= 4 is 22.7 Å². The normalized spacial score (nSPS) is 13.2. The van der Waals surface area contributed by atoms with Crippen LogP contribution >= 0.6 is 0 Å². The van der Waals surface area contributed by atoms with Gasteiger partial charge in [0.15, 0.2) is 0 Å². The van der Waals surface area contributed by atoms with Crippen LogP contribution in [0, 0.1) is 15.9 Å². The van der Waals surface area contributed by atoms with E-state index in [4.69, 9.17) is 0 Å². The first-order chi connectivity index (χ1) is 10.1. The van der Waals surface area contributed by atoms with Crippen LogP contribution in [0.2, 0.25) is 0 Å². The van der Waals surface area contributed by atoms with Gasteiger partial charge in [-0.05, 0) is 48.7 Å². The molecule has 0 radical (unpaired) electrons. The Hall–Kier alpha value is -2.63. The van der Waals surface area contributed by atoms with Gasteiger partial charge in [-0.1, -0.05) is 6.07 Å². The van der Waals surface area contributed by atoms with E-state index in [0.717, 1.165) is 36.7 Å². The van der Waals surface area contributed by atoms with Gasteiger partial charge in [-0.2, -0.15) is 4.39 Å². The topological polar surface area (TPSA) is 67.2 Å². The summed E-state index contributed by atoms with van der Waals surface area (Å²) in [6, 6.07) is 9.73. The third-order valence-electron chi connectivity index (χ3n) is 3.49. The van der Waals surface area contributed by atoms with Crippen molar-refractivity contribution in [2.45, 2.75) is 12.8 Å². The molecule has 108 valence electrons. The number of para-hydroxylation sites is 1. The van der Waals surface area contributed by atoms with Gasteiger partial charge in [0.2, 0.25) is 5.82 Å². The molecule has 6 heteroatoms. The number of nitrogens with zero attached hydrogens (tertiary/aromatic N) is 1. The highest BCUT2D eigenvalue weighted by Crippen LogP contribution is 2.32. The SMILES string of the molecule is O=[N+]([O-])c1c(F)cccc1Nc1ccc2c(c1)CCCN2. The van der Waals surface area contributed by atoms with Crippen molar-refractivity contribution in [2.75, 3.05) is 17.2 Å². The summed E-state index contributed by atoms with van der Waals surface area (Å²) in [5, 5.41) is 17.2. The smallest absolute Gasteiger partial charge is 0.327 e. The second-order valence-electron chi connectivity index (χ2n) is 4.92. The lowest BCUT2D eigenvalue weighted by atomic mass is 10.0. The van der Waals surface area contributed by atoms with E-state index in [1.807, 2.05) is 18.2 Å². The van der Waals surface area contributed by atoms with E-state index >= 15 is 0 Å². The number of fused-ring (bicyclic) bond motifs is 1. The van der Waals surface area contributed by atoms with Gasteiger partial charge in [0.25, 0.3) is 0 Å². The van der Waals surface area contributed by atoms with Crippen LogP contribution in [0.3, 0.4) is 0 Å². The van der Waals surface area contributed by atoms with Crippen LogP contribution in [0.25, 0.3) is 0 Å². The van der Waals surface area contributed by atoms with Crippen molar-refractivity contribution in [3.05, 3.63) is 57.9 Å². The maximum Gasteiger partial charge on any atom is 0.327 e. The van der Waals surface area contributed by atoms with E-state index in [-0.39, 0.29) is 5.69 Å². The summed E-state index contributed by atoms with van der Waals surface area (Å²) in [6.45, 7) is 0.954. The second-order valence-corrected chi connectivity index (χ2v) is 4.92. The Kier molecular flexibility index (Phi) is 3.43. The van der Waals surface area contributed by atoms with E-state index in [9.17, 15) is 14.5 Å². The molecule has 0 saturated heterocycles. The van der Waals surface area contributed by atoms with Crippen molar-refractivity contribution in [3.63, 3.8) is 0 Å². The molecular weight excluding hydrogens is 273 g/mol. The maximum atomic E-state index is 13.6. The fraction of sp³-hybridized carbons (Fsp3) is 0.200. The zero-order chi connectivity index (χ0) is 14.8. The zero-order valence-corrected chi connectivity index (χ0v) is 11.2. The van der Waals surface area contributed by atoms with E-state index in [2.05, 4.69) is 10.6 Å². The molecule has 0 aliphatic carbocycles. The number of benzene rings is 2. The maximum absolute atomic E-state index is 13.6. The molecule has 0 bridgehead atoms. The molecule has 1 aliphatic rings. The van der Waals surface area contributed by atoms with Gasteiger partial charge in [-0.3, -0.25) is 10.1 Å². The van der Waals surface area contributed by atoms with Crippen molar-refractivity contribution in [1.82, 2.24) is 0 Å². The van der Waals surface area contributed by atoms with Crippen molar-refractivity contribution < 1.29 is 9.31 Å². The lowest BCUT2D eigenvalue weighted by molar-refractivity contribution is -0.386. The largest absolute Gasteiger partial charge is 0.385 e. The standard InChI is InChI=1S/C15H14FN3O2/c16-12-4-1-5-14(15(12)19(20)21)18-11-6-7-13-10(9-11)3-2-8-17-13/h1,4-7,9,17-18H,2-3,8H2. The van der Waals surface area contributed by atoms with Gasteiger partial charge in [0.1, 0.15) is 5.69 Å². The Morgan fingerprint density at radius 1 is 1.29 bits per heavy atom. The van der Waals surface area contributed by atoms with Crippen LogP contribution < -0.4 is 10.6 Å². The summed E-state index contributed by atoms with van der Waals surface area (Å²) in [4.78, 5) is 10.3. The van der Waals surface area contributed by atoms with Crippen LogP contribution in [0.4, 0.5) is 27.1 Å². The first-order valence-electron chi connectivity index (χ1n) is 6.72. The average molecular weight is 287 g/mol. The number of nitrogens with one attached hydrogen (secondary N) is 2. The predicted octanol–water partition coefficient (Wildman–Crippen LogP) is 3.84. The zero-order valence-electron chi connectivity index (χ0n) is 11.2. The Labute approximate surface area is 120 Å². The van der Waals surface area contributed by atoms with Gasteiger partial charge in [-0.25, -0.2) is 0 Å². The number of hydrogen-bond acceptors (Lipinski definition) is 4. The highest BCUT2D eigenvalue weighted by Gasteiger charge is 2.20. The van der Waals surface area contributed by atoms with Crippen molar-refractivity contribution in [3.8, 4) is 0 Å². The van der Waals surface area contributed by atoms with Gasteiger partial charge in [-0.15, -0.1) is 0 Å². The van der Waals surface area contributed by atoms with Crippen molar-refractivity contribution in [2.24, 2.45) is 0 Å². The summed E-state index contributed by atoms with van der Waals surface area (Å²) in [6.07, 6.45) is 2.01. The van der Waals surface area contributed by atoms with E-state index < -0.39 is 16.4 Å². The molecule has 0 fully saturated rings. The lowest BCUT2D eigenvalue weighted by Gasteiger charge is -2.19. The molecule has 0 spiro atoms. The molecular formula is C15H14FN3O2. The Bertz CT molecular complexity index is 703. The number of aryl methyl sites for hydroxylation is 1. The van der Waals surface area contributed by atoms with Crippen LogP contribution in [0.5, 0.6) is 0 Å². The van der Waals surface area contributed by atoms with Gasteiger partial charge < -0.3 is 10.6 Å². The third kappa shape index (κ3) is 2.65. The lowest BCUT2D eigenvalue weighted by Crippen LogP contribution is -2.11. The summed E-state index contributed by atoms with van der Waals surface area (Å²) in [5.74, 6) is -0.843. The summed E-state index contributed by atoms with van der Waals surface area (Å²) in [7, 11) is 0. The number of rotatable bonds is 3. The Morgan fingerprint density at radius 2 is 2.14 bits per heavy atom. The summed E-state index contributed by atoms with van der Waals surface area (Å²) in [5.41, 5.74) is 2.58. The fourth-order valence-corrected chi connectivity index (χ4v) is 2.51. The average Bonchev–Trinajstić information content (AvgIpc) is 2.47. The fourth-order valence-electron chi connectivity index (χ4n) is 2.51. The number of anilines is 3. The Morgan fingerprint density at radius 3 is 2.95 bits per heavy atom. The minimum absolute atomic E-state index is 0.156. The molecule has 0 atom stereocenters. The highest BCUT2D eigenvalue weighted by atomic mass is 19.1. The van der Waals surface area contributed by atoms with Gasteiger partial charge in [0, 0.05) is 17.9 Å².